The number of pyridine rings is 2. The molecule has 26 heavy (non-hydrogen) atoms. The van der Waals surface area contributed by atoms with E-state index in [1.807, 2.05) is 31.2 Å². The summed E-state index contributed by atoms with van der Waals surface area (Å²) < 4.78 is 5.92. The lowest BCUT2D eigenvalue weighted by atomic mass is 9.89. The Morgan fingerprint density at radius 1 is 1.35 bits per heavy atom. The Morgan fingerprint density at radius 3 is 3.08 bits per heavy atom. The van der Waals surface area contributed by atoms with E-state index < -0.39 is 0 Å². The van der Waals surface area contributed by atoms with E-state index in [0.29, 0.717) is 6.04 Å². The van der Waals surface area contributed by atoms with E-state index in [4.69, 9.17) is 4.74 Å². The number of fused-ring (bicyclic) bond motifs is 1. The molecule has 0 unspecified atom stereocenters. The van der Waals surface area contributed by atoms with Gasteiger partial charge in [-0.15, -0.1) is 0 Å². The van der Waals surface area contributed by atoms with Gasteiger partial charge in [0.1, 0.15) is 0 Å². The molecule has 2 aliphatic rings. The molecule has 1 N–H and O–H groups in total. The van der Waals surface area contributed by atoms with Crippen molar-refractivity contribution in [3.63, 3.8) is 0 Å². The highest BCUT2D eigenvalue weighted by molar-refractivity contribution is 5.92. The minimum absolute atomic E-state index is 0.0363. The summed E-state index contributed by atoms with van der Waals surface area (Å²) in [6.45, 7) is 4.25. The van der Waals surface area contributed by atoms with Crippen LogP contribution < -0.4 is 5.32 Å². The molecule has 0 radical (unpaired) electrons. The van der Waals surface area contributed by atoms with Crippen molar-refractivity contribution in [2.45, 2.75) is 38.5 Å². The number of nitrogens with one attached hydrogen (secondary N) is 1. The Hall–Kier alpha value is -2.31. The number of aryl methyl sites for hydroxylation is 1. The van der Waals surface area contributed by atoms with Gasteiger partial charge in [-0.3, -0.25) is 19.7 Å². The first-order valence-electron chi connectivity index (χ1n) is 9.18. The van der Waals surface area contributed by atoms with Gasteiger partial charge in [-0.25, -0.2) is 0 Å². The Bertz CT molecular complexity index is 767. The van der Waals surface area contributed by atoms with Crippen LogP contribution in [0.25, 0.3) is 0 Å². The molecule has 2 saturated heterocycles. The molecule has 1 amide bonds. The molecule has 6 heteroatoms. The molecular formula is C20H24N4O2. The predicted octanol–water partition coefficient (Wildman–Crippen LogP) is 2.40. The zero-order valence-electron chi connectivity index (χ0n) is 15.0. The van der Waals surface area contributed by atoms with E-state index >= 15 is 0 Å². The fourth-order valence-corrected chi connectivity index (χ4v) is 4.00. The van der Waals surface area contributed by atoms with Crippen molar-refractivity contribution in [2.75, 3.05) is 18.5 Å². The fourth-order valence-electron chi connectivity index (χ4n) is 4.00. The molecule has 4 heterocycles. The molecular weight excluding hydrogens is 328 g/mol. The topological polar surface area (TPSA) is 67.4 Å². The van der Waals surface area contributed by atoms with Crippen LogP contribution in [0.2, 0.25) is 0 Å². The minimum Gasteiger partial charge on any atom is -0.377 e. The van der Waals surface area contributed by atoms with Crippen LogP contribution in [0.15, 0.2) is 42.7 Å². The Balaban J connectivity index is 1.48. The van der Waals surface area contributed by atoms with E-state index in [-0.39, 0.29) is 17.9 Å². The number of aromatic nitrogens is 2. The monoisotopic (exact) mass is 352 g/mol. The van der Waals surface area contributed by atoms with E-state index in [9.17, 15) is 4.79 Å². The zero-order valence-corrected chi connectivity index (χ0v) is 15.0. The van der Waals surface area contributed by atoms with Crippen molar-refractivity contribution < 1.29 is 9.53 Å². The van der Waals surface area contributed by atoms with E-state index in [1.165, 1.54) is 0 Å². The summed E-state index contributed by atoms with van der Waals surface area (Å²) in [5.41, 5.74) is 2.80. The zero-order chi connectivity index (χ0) is 17.9. The highest BCUT2D eigenvalue weighted by atomic mass is 16.5. The van der Waals surface area contributed by atoms with Crippen LogP contribution >= 0.6 is 0 Å². The molecule has 0 bridgehead atoms. The lowest BCUT2D eigenvalue weighted by Crippen LogP contribution is -2.51. The van der Waals surface area contributed by atoms with Gasteiger partial charge in [0.25, 0.3) is 0 Å². The Labute approximate surface area is 153 Å². The van der Waals surface area contributed by atoms with Crippen molar-refractivity contribution in [2.24, 2.45) is 5.92 Å². The van der Waals surface area contributed by atoms with Gasteiger partial charge in [0.2, 0.25) is 5.91 Å². The van der Waals surface area contributed by atoms with Crippen molar-refractivity contribution in [1.82, 2.24) is 14.9 Å². The smallest absolute Gasteiger partial charge is 0.228 e. The summed E-state index contributed by atoms with van der Waals surface area (Å²) in [6, 6.07) is 10.2. The lowest BCUT2D eigenvalue weighted by Gasteiger charge is -2.40. The second-order valence-corrected chi connectivity index (χ2v) is 7.13. The van der Waals surface area contributed by atoms with Crippen molar-refractivity contribution >= 4 is 11.6 Å². The predicted molar refractivity (Wildman–Crippen MR) is 98.5 cm³/mol. The third-order valence-electron chi connectivity index (χ3n) is 5.23. The number of hydrogen-bond donors (Lipinski definition) is 1. The first kappa shape index (κ1) is 17.1. The third kappa shape index (κ3) is 3.76. The van der Waals surface area contributed by atoms with Gasteiger partial charge in [-0.2, -0.15) is 0 Å². The fraction of sp³-hybridized carbons (Fsp3) is 0.450. The SMILES string of the molecule is Cc1cccc(CN2C[C@H](C(=O)Nc3cccnc3)C[C@H]3OCC[C@H]32)n1. The molecule has 0 saturated carbocycles. The number of nitrogens with zero attached hydrogens (tertiary/aromatic N) is 3. The van der Waals surface area contributed by atoms with Gasteiger partial charge in [0, 0.05) is 37.6 Å². The molecule has 2 aromatic rings. The molecule has 0 spiro atoms. The average Bonchev–Trinajstić information content (AvgIpc) is 3.11. The normalized spacial score (nSPS) is 25.7. The first-order valence-corrected chi connectivity index (χ1v) is 9.18. The number of anilines is 1. The Morgan fingerprint density at radius 2 is 2.27 bits per heavy atom. The molecule has 2 fully saturated rings. The second kappa shape index (κ2) is 7.51. The van der Waals surface area contributed by atoms with Gasteiger partial charge in [0.15, 0.2) is 0 Å². The summed E-state index contributed by atoms with van der Waals surface area (Å²) in [6.07, 6.45) is 5.29. The van der Waals surface area contributed by atoms with Crippen molar-refractivity contribution in [3.8, 4) is 0 Å². The summed E-state index contributed by atoms with van der Waals surface area (Å²) in [7, 11) is 0. The van der Waals surface area contributed by atoms with Crippen LogP contribution in [0.4, 0.5) is 5.69 Å². The maximum Gasteiger partial charge on any atom is 0.228 e. The molecule has 0 aromatic carbocycles. The van der Waals surface area contributed by atoms with Crippen molar-refractivity contribution in [3.05, 3.63) is 54.1 Å². The Kier molecular flexibility index (Phi) is 4.95. The number of ether oxygens (including phenoxy) is 1. The summed E-state index contributed by atoms with van der Waals surface area (Å²) in [5.74, 6) is -0.0616. The molecule has 2 aliphatic heterocycles. The second-order valence-electron chi connectivity index (χ2n) is 7.13. The first-order chi connectivity index (χ1) is 12.7. The standard InChI is InChI=1S/C20H24N4O2/c1-14-4-2-5-17(22-14)13-24-12-15(10-19-18(24)7-9-26-19)20(25)23-16-6-3-8-21-11-16/h2-6,8,11,15,18-19H,7,9-10,12-13H2,1H3,(H,23,25)/t15-,18-,19-/m1/s1. The number of carbonyl (C=O) groups is 1. The lowest BCUT2D eigenvalue weighted by molar-refractivity contribution is -0.124. The highest BCUT2D eigenvalue weighted by Gasteiger charge is 2.42. The van der Waals surface area contributed by atoms with E-state index in [2.05, 4.69) is 26.3 Å². The van der Waals surface area contributed by atoms with Crippen LogP contribution in [0.5, 0.6) is 0 Å². The highest BCUT2D eigenvalue weighted by Crippen LogP contribution is 2.32. The van der Waals surface area contributed by atoms with Gasteiger partial charge < -0.3 is 10.1 Å². The van der Waals surface area contributed by atoms with Gasteiger partial charge in [0.05, 0.1) is 29.6 Å². The van der Waals surface area contributed by atoms with Crippen LogP contribution in [0, 0.1) is 12.8 Å². The van der Waals surface area contributed by atoms with Gasteiger partial charge in [-0.1, -0.05) is 6.07 Å². The minimum atomic E-state index is -0.0978. The third-order valence-corrected chi connectivity index (χ3v) is 5.23. The van der Waals surface area contributed by atoms with Crippen LogP contribution in [0.1, 0.15) is 24.2 Å². The molecule has 3 atom stereocenters. The van der Waals surface area contributed by atoms with Crippen LogP contribution in [0.3, 0.4) is 0 Å². The number of amides is 1. The largest absolute Gasteiger partial charge is 0.377 e. The quantitative estimate of drug-likeness (QED) is 0.915. The summed E-state index contributed by atoms with van der Waals surface area (Å²) >= 11 is 0. The number of carbonyl (C=O) groups excluding carboxylic acids is 1. The molecule has 4 rings (SSSR count). The molecule has 136 valence electrons. The van der Waals surface area contributed by atoms with Crippen LogP contribution in [-0.4, -0.2) is 46.1 Å². The average molecular weight is 352 g/mol. The number of piperidine rings is 1. The molecule has 6 nitrogen and oxygen atoms in total. The van der Waals surface area contributed by atoms with Crippen molar-refractivity contribution in [1.29, 1.82) is 0 Å². The number of rotatable bonds is 4. The molecule has 2 aromatic heterocycles. The van der Waals surface area contributed by atoms with Crippen LogP contribution in [-0.2, 0) is 16.1 Å². The van der Waals surface area contributed by atoms with Gasteiger partial charge in [-0.05, 0) is 44.0 Å². The number of hydrogen-bond acceptors (Lipinski definition) is 5. The summed E-state index contributed by atoms with van der Waals surface area (Å²) in [5, 5.41) is 2.99. The number of likely N-dealkylation sites (tertiary alicyclic amines) is 1. The van der Waals surface area contributed by atoms with E-state index in [0.717, 1.165) is 49.6 Å². The van der Waals surface area contributed by atoms with Gasteiger partial charge >= 0.3 is 0 Å². The molecule has 0 aliphatic carbocycles. The summed E-state index contributed by atoms with van der Waals surface area (Å²) in [4.78, 5) is 23.8. The maximum absolute atomic E-state index is 12.8. The maximum atomic E-state index is 12.8. The van der Waals surface area contributed by atoms with E-state index in [1.54, 1.807) is 12.4 Å².